The van der Waals surface area contributed by atoms with E-state index in [9.17, 15) is 0 Å². The maximum absolute atomic E-state index is 6.08. The molecule has 1 saturated heterocycles. The third kappa shape index (κ3) is 1.64. The zero-order chi connectivity index (χ0) is 7.72. The Labute approximate surface area is 67.7 Å². The average Bonchev–Trinajstić information content (AvgIpc) is 1.82. The quantitative estimate of drug-likeness (QED) is 0.498. The summed E-state index contributed by atoms with van der Waals surface area (Å²) in [5.74, 6) is 0.498. The van der Waals surface area contributed by atoms with Gasteiger partial charge in [-0.1, -0.05) is 6.92 Å². The molecule has 0 aromatic rings. The van der Waals surface area contributed by atoms with Gasteiger partial charge in [-0.3, -0.25) is 0 Å². The van der Waals surface area contributed by atoms with Crippen molar-refractivity contribution in [1.29, 1.82) is 0 Å². The van der Waals surface area contributed by atoms with Crippen molar-refractivity contribution in [3.8, 4) is 0 Å². The van der Waals surface area contributed by atoms with Crippen molar-refractivity contribution in [2.45, 2.75) is 44.8 Å². The van der Waals surface area contributed by atoms with Crippen molar-refractivity contribution < 1.29 is 4.74 Å². The highest BCUT2D eigenvalue weighted by molar-refractivity contribution is 6.20. The van der Waals surface area contributed by atoms with Crippen molar-refractivity contribution in [3.05, 3.63) is 0 Å². The first kappa shape index (κ1) is 8.35. The van der Waals surface area contributed by atoms with Crippen LogP contribution in [0.2, 0.25) is 0 Å². The highest BCUT2D eigenvalue weighted by Crippen LogP contribution is 2.28. The lowest BCUT2D eigenvalue weighted by atomic mass is 9.94. The summed E-state index contributed by atoms with van der Waals surface area (Å²) >= 11 is 6.08. The molecule has 0 spiro atoms. The molecule has 1 aliphatic heterocycles. The van der Waals surface area contributed by atoms with Crippen LogP contribution in [0.15, 0.2) is 0 Å². The second-order valence-corrected chi connectivity index (χ2v) is 3.82. The van der Waals surface area contributed by atoms with Gasteiger partial charge in [-0.05, 0) is 26.2 Å². The monoisotopic (exact) mass is 162 g/mol. The molecular formula is C8H15ClO. The van der Waals surface area contributed by atoms with Crippen LogP contribution in [0.25, 0.3) is 0 Å². The summed E-state index contributed by atoms with van der Waals surface area (Å²) in [5, 5.41) is 0.304. The molecule has 2 heteroatoms. The molecule has 4 atom stereocenters. The Morgan fingerprint density at radius 1 is 1.30 bits per heavy atom. The van der Waals surface area contributed by atoms with Gasteiger partial charge in [-0.2, -0.15) is 0 Å². The van der Waals surface area contributed by atoms with Crippen molar-refractivity contribution in [1.82, 2.24) is 0 Å². The van der Waals surface area contributed by atoms with Crippen LogP contribution in [0.5, 0.6) is 0 Å². The van der Waals surface area contributed by atoms with Gasteiger partial charge < -0.3 is 4.74 Å². The Morgan fingerprint density at radius 3 is 2.40 bits per heavy atom. The standard InChI is InChI=1S/C8H15ClO/c1-5-4-8(9)6(2)7(3)10-5/h5-8H,4H2,1-3H3/t5-,6?,7-,8+/m0/s1. The fourth-order valence-corrected chi connectivity index (χ4v) is 1.83. The third-order valence-corrected chi connectivity index (χ3v) is 2.89. The molecule has 1 aliphatic rings. The van der Waals surface area contributed by atoms with Crippen molar-refractivity contribution in [2.24, 2.45) is 5.92 Å². The number of hydrogen-bond acceptors (Lipinski definition) is 1. The van der Waals surface area contributed by atoms with Crippen LogP contribution in [-0.2, 0) is 4.74 Å². The lowest BCUT2D eigenvalue weighted by Crippen LogP contribution is -2.37. The maximum Gasteiger partial charge on any atom is 0.0590 e. The SMILES string of the molecule is CC1[C@H](Cl)C[C@H](C)O[C@H]1C. The molecule has 10 heavy (non-hydrogen) atoms. The van der Waals surface area contributed by atoms with Gasteiger partial charge in [0, 0.05) is 5.38 Å². The van der Waals surface area contributed by atoms with E-state index in [0.717, 1.165) is 6.42 Å². The molecule has 0 saturated carbocycles. The minimum absolute atomic E-state index is 0.304. The molecule has 0 aliphatic carbocycles. The smallest absolute Gasteiger partial charge is 0.0590 e. The second-order valence-electron chi connectivity index (χ2n) is 3.26. The van der Waals surface area contributed by atoms with Gasteiger partial charge in [0.15, 0.2) is 0 Å². The van der Waals surface area contributed by atoms with E-state index < -0.39 is 0 Å². The Balaban J connectivity index is 2.49. The molecule has 1 heterocycles. The molecule has 0 N–H and O–H groups in total. The molecule has 1 fully saturated rings. The van der Waals surface area contributed by atoms with Gasteiger partial charge in [-0.15, -0.1) is 11.6 Å². The van der Waals surface area contributed by atoms with E-state index >= 15 is 0 Å². The van der Waals surface area contributed by atoms with E-state index in [1.54, 1.807) is 0 Å². The first-order valence-corrected chi connectivity index (χ1v) is 4.34. The topological polar surface area (TPSA) is 9.23 Å². The molecule has 0 aromatic carbocycles. The highest BCUT2D eigenvalue weighted by Gasteiger charge is 2.29. The second kappa shape index (κ2) is 3.10. The summed E-state index contributed by atoms with van der Waals surface area (Å²) in [6.45, 7) is 6.32. The Bertz CT molecular complexity index is 104. The predicted molar refractivity (Wildman–Crippen MR) is 43.4 cm³/mol. The number of hydrogen-bond donors (Lipinski definition) is 0. The van der Waals surface area contributed by atoms with Crippen molar-refractivity contribution in [2.75, 3.05) is 0 Å². The van der Waals surface area contributed by atoms with E-state index in [1.807, 2.05) is 0 Å². The molecule has 1 rings (SSSR count). The van der Waals surface area contributed by atoms with E-state index in [1.165, 1.54) is 0 Å². The summed E-state index contributed by atoms with van der Waals surface area (Å²) in [5.41, 5.74) is 0. The highest BCUT2D eigenvalue weighted by atomic mass is 35.5. The van der Waals surface area contributed by atoms with Crippen LogP contribution in [0.4, 0.5) is 0 Å². The van der Waals surface area contributed by atoms with E-state index in [4.69, 9.17) is 16.3 Å². The lowest BCUT2D eigenvalue weighted by molar-refractivity contribution is -0.0571. The maximum atomic E-state index is 6.08. The Morgan fingerprint density at radius 2 is 1.90 bits per heavy atom. The van der Waals surface area contributed by atoms with E-state index in [0.29, 0.717) is 23.5 Å². The summed E-state index contributed by atoms with van der Waals surface area (Å²) in [6.07, 6.45) is 1.66. The first-order chi connectivity index (χ1) is 4.61. The van der Waals surface area contributed by atoms with Gasteiger partial charge in [0.1, 0.15) is 0 Å². The van der Waals surface area contributed by atoms with Crippen LogP contribution < -0.4 is 0 Å². The van der Waals surface area contributed by atoms with Crippen molar-refractivity contribution >= 4 is 11.6 Å². The minimum atomic E-state index is 0.304. The molecule has 0 bridgehead atoms. The van der Waals surface area contributed by atoms with Crippen molar-refractivity contribution in [3.63, 3.8) is 0 Å². The van der Waals surface area contributed by atoms with Gasteiger partial charge in [-0.25, -0.2) is 0 Å². The third-order valence-electron chi connectivity index (χ3n) is 2.32. The van der Waals surface area contributed by atoms with Gasteiger partial charge in [0.05, 0.1) is 12.2 Å². The summed E-state index contributed by atoms with van der Waals surface area (Å²) in [6, 6.07) is 0. The summed E-state index contributed by atoms with van der Waals surface area (Å²) in [4.78, 5) is 0. The van der Waals surface area contributed by atoms with Gasteiger partial charge in [0.25, 0.3) is 0 Å². The average molecular weight is 163 g/mol. The zero-order valence-corrected chi connectivity index (χ0v) is 7.56. The predicted octanol–water partition coefficient (Wildman–Crippen LogP) is 2.43. The Hall–Kier alpha value is 0.250. The fourth-order valence-electron chi connectivity index (χ4n) is 1.37. The Kier molecular flexibility index (Phi) is 2.59. The summed E-state index contributed by atoms with van der Waals surface area (Å²) in [7, 11) is 0. The molecule has 0 amide bonds. The molecule has 1 nitrogen and oxygen atoms in total. The van der Waals surface area contributed by atoms with Crippen LogP contribution in [-0.4, -0.2) is 17.6 Å². The number of halogens is 1. The molecule has 60 valence electrons. The first-order valence-electron chi connectivity index (χ1n) is 3.90. The van der Waals surface area contributed by atoms with Crippen LogP contribution in [0.1, 0.15) is 27.2 Å². The fraction of sp³-hybridized carbons (Fsp3) is 1.00. The zero-order valence-electron chi connectivity index (χ0n) is 6.80. The normalized spacial score (nSPS) is 49.2. The van der Waals surface area contributed by atoms with Gasteiger partial charge >= 0.3 is 0 Å². The van der Waals surface area contributed by atoms with E-state index in [-0.39, 0.29) is 0 Å². The minimum Gasteiger partial charge on any atom is -0.375 e. The van der Waals surface area contributed by atoms with E-state index in [2.05, 4.69) is 20.8 Å². The molecular weight excluding hydrogens is 148 g/mol. The lowest BCUT2D eigenvalue weighted by Gasteiger charge is -2.34. The number of ether oxygens (including phenoxy) is 1. The number of alkyl halides is 1. The van der Waals surface area contributed by atoms with Crippen LogP contribution >= 0.6 is 11.6 Å². The van der Waals surface area contributed by atoms with Gasteiger partial charge in [0.2, 0.25) is 0 Å². The van der Waals surface area contributed by atoms with Crippen LogP contribution in [0.3, 0.4) is 0 Å². The number of rotatable bonds is 0. The summed E-state index contributed by atoms with van der Waals surface area (Å²) < 4.78 is 5.58. The molecule has 0 radical (unpaired) electrons. The largest absolute Gasteiger partial charge is 0.375 e. The molecule has 1 unspecified atom stereocenters. The van der Waals surface area contributed by atoms with Crippen LogP contribution in [0, 0.1) is 5.92 Å². The molecule has 0 aromatic heterocycles.